The first-order valence-corrected chi connectivity index (χ1v) is 11.4. The normalized spacial score (nSPS) is 16.4. The minimum Gasteiger partial charge on any atom is -0.326 e. The van der Waals surface area contributed by atoms with Crippen molar-refractivity contribution in [2.24, 2.45) is 0 Å². The summed E-state index contributed by atoms with van der Waals surface area (Å²) in [6.45, 7) is 0. The monoisotopic (exact) mass is 478 g/mol. The van der Waals surface area contributed by atoms with Crippen molar-refractivity contribution in [1.29, 1.82) is 0 Å². The summed E-state index contributed by atoms with van der Waals surface area (Å²) in [5, 5.41) is 3.67. The number of amides is 2. The number of Topliss-reactive ketones (excluding diaryl/α,β-unsaturated/α-hetero) is 1. The highest BCUT2D eigenvalue weighted by Gasteiger charge is 2.38. The summed E-state index contributed by atoms with van der Waals surface area (Å²) in [5.74, 6) is -0.110. The molecule has 30 heavy (non-hydrogen) atoms. The van der Waals surface area contributed by atoms with Crippen LogP contribution in [0.1, 0.15) is 22.0 Å². The second-order valence-electron chi connectivity index (χ2n) is 6.72. The largest absolute Gasteiger partial charge is 0.327 e. The molecule has 1 aliphatic rings. The van der Waals surface area contributed by atoms with Crippen LogP contribution in [0.2, 0.25) is 0 Å². The van der Waals surface area contributed by atoms with Gasteiger partial charge < -0.3 is 5.32 Å². The first kappa shape index (κ1) is 20.4. The second-order valence-corrected chi connectivity index (χ2v) is 8.43. The van der Waals surface area contributed by atoms with Gasteiger partial charge in [-0.2, -0.15) is 0 Å². The average Bonchev–Trinajstić information content (AvgIpc) is 2.79. The highest BCUT2D eigenvalue weighted by atomic mass is 79.9. The molecule has 0 bridgehead atoms. The first-order chi connectivity index (χ1) is 14.6. The zero-order chi connectivity index (χ0) is 21.1. The van der Waals surface area contributed by atoms with E-state index < -0.39 is 6.04 Å². The van der Waals surface area contributed by atoms with Crippen molar-refractivity contribution in [2.75, 3.05) is 11.2 Å². The molecule has 150 valence electrons. The lowest BCUT2D eigenvalue weighted by atomic mass is 9.91. The number of ketones is 1. The third-order valence-electron chi connectivity index (χ3n) is 4.88. The summed E-state index contributed by atoms with van der Waals surface area (Å²) < 4.78 is 0.903. The van der Waals surface area contributed by atoms with E-state index in [2.05, 4.69) is 21.2 Å². The van der Waals surface area contributed by atoms with Crippen molar-refractivity contribution >= 4 is 45.2 Å². The van der Waals surface area contributed by atoms with Crippen molar-refractivity contribution in [3.05, 3.63) is 111 Å². The minimum atomic E-state index is -0.530. The van der Waals surface area contributed by atoms with E-state index in [1.807, 2.05) is 79.1 Å². The predicted molar refractivity (Wildman–Crippen MR) is 126 cm³/mol. The van der Waals surface area contributed by atoms with Gasteiger partial charge in [0.2, 0.25) is 0 Å². The molecule has 0 unspecified atom stereocenters. The Morgan fingerprint density at radius 2 is 1.53 bits per heavy atom. The van der Waals surface area contributed by atoms with E-state index >= 15 is 0 Å². The minimum absolute atomic E-state index is 0.110. The Morgan fingerprint density at radius 3 is 2.13 bits per heavy atom. The predicted octanol–water partition coefficient (Wildman–Crippen LogP) is 6.18. The third-order valence-corrected chi connectivity index (χ3v) is 6.20. The van der Waals surface area contributed by atoms with Gasteiger partial charge in [-0.25, -0.2) is 4.79 Å². The van der Waals surface area contributed by atoms with Crippen LogP contribution in [0.5, 0.6) is 0 Å². The lowest BCUT2D eigenvalue weighted by molar-refractivity contribution is 0.102. The molecule has 1 N–H and O–H groups in total. The van der Waals surface area contributed by atoms with Gasteiger partial charge in [-0.1, -0.05) is 64.5 Å². The van der Waals surface area contributed by atoms with Gasteiger partial charge >= 0.3 is 6.03 Å². The third kappa shape index (κ3) is 3.93. The number of carbonyl (C=O) groups is 2. The molecule has 1 atom stereocenters. The topological polar surface area (TPSA) is 49.4 Å². The molecule has 0 saturated heterocycles. The van der Waals surface area contributed by atoms with Gasteiger partial charge in [0.1, 0.15) is 0 Å². The maximum atomic E-state index is 13.7. The van der Waals surface area contributed by atoms with Crippen LogP contribution in [0.25, 0.3) is 0 Å². The van der Waals surface area contributed by atoms with Crippen LogP contribution in [-0.4, -0.2) is 18.1 Å². The number of hydrogen-bond acceptors (Lipinski definition) is 3. The molecule has 0 aromatic heterocycles. The van der Waals surface area contributed by atoms with Gasteiger partial charge in [0.05, 0.1) is 22.3 Å². The maximum absolute atomic E-state index is 13.7. The molecule has 6 heteroatoms. The van der Waals surface area contributed by atoms with Gasteiger partial charge in [0.15, 0.2) is 5.78 Å². The fourth-order valence-corrected chi connectivity index (χ4v) is 4.56. The van der Waals surface area contributed by atoms with E-state index in [-0.39, 0.29) is 11.8 Å². The van der Waals surface area contributed by atoms with Gasteiger partial charge in [-0.15, -0.1) is 11.8 Å². The first-order valence-electron chi connectivity index (χ1n) is 9.39. The molecule has 3 aromatic carbocycles. The second kappa shape index (κ2) is 8.90. The highest BCUT2D eigenvalue weighted by Crippen LogP contribution is 2.39. The Bertz CT molecular complexity index is 1100. The molecule has 0 aliphatic carbocycles. The van der Waals surface area contributed by atoms with Crippen LogP contribution in [-0.2, 0) is 0 Å². The lowest BCUT2D eigenvalue weighted by Gasteiger charge is -2.36. The molecular weight excluding hydrogens is 460 g/mol. The lowest BCUT2D eigenvalue weighted by Crippen LogP contribution is -2.48. The number of benzene rings is 3. The average molecular weight is 479 g/mol. The van der Waals surface area contributed by atoms with E-state index in [9.17, 15) is 9.59 Å². The van der Waals surface area contributed by atoms with Gasteiger partial charge in [0, 0.05) is 10.0 Å². The van der Waals surface area contributed by atoms with Crippen molar-refractivity contribution < 1.29 is 9.59 Å². The van der Waals surface area contributed by atoms with E-state index in [0.29, 0.717) is 21.9 Å². The van der Waals surface area contributed by atoms with Crippen LogP contribution >= 0.6 is 27.7 Å². The number of para-hydroxylation sites is 1. The number of hydrogen-bond donors (Lipinski definition) is 1. The summed E-state index contributed by atoms with van der Waals surface area (Å²) >= 11 is 4.82. The van der Waals surface area contributed by atoms with E-state index in [0.717, 1.165) is 10.0 Å². The molecule has 3 aromatic rings. The molecule has 1 heterocycles. The fraction of sp³-hybridized carbons (Fsp3) is 0.0833. The van der Waals surface area contributed by atoms with Crippen molar-refractivity contribution in [3.8, 4) is 0 Å². The summed E-state index contributed by atoms with van der Waals surface area (Å²) in [4.78, 5) is 28.4. The summed E-state index contributed by atoms with van der Waals surface area (Å²) in [6.07, 6.45) is 1.89. The van der Waals surface area contributed by atoms with E-state index in [1.165, 1.54) is 11.8 Å². The standard InChI is InChI=1S/C24H19BrN2O2S/c1-30-23-20(22(28)17-12-14-18(25)15-13-17)21(16-8-4-2-5-9-16)26-24(29)27(23)19-10-6-3-7-11-19/h2-15,21H,1H3,(H,26,29)/t21-/m0/s1. The maximum Gasteiger partial charge on any atom is 0.327 e. The highest BCUT2D eigenvalue weighted by molar-refractivity contribution is 9.10. The van der Waals surface area contributed by atoms with E-state index in [4.69, 9.17) is 0 Å². The number of anilines is 1. The molecular formula is C24H19BrN2O2S. The number of nitrogens with zero attached hydrogens (tertiary/aromatic N) is 1. The Kier molecular flexibility index (Phi) is 6.06. The zero-order valence-electron chi connectivity index (χ0n) is 16.2. The smallest absolute Gasteiger partial charge is 0.326 e. The van der Waals surface area contributed by atoms with Crippen LogP contribution in [0, 0.1) is 0 Å². The molecule has 1 aliphatic heterocycles. The Labute approximate surface area is 188 Å². The SMILES string of the molecule is CSC1=C(C(=O)c2ccc(Br)cc2)[C@H](c2ccccc2)NC(=O)N1c1ccccc1. The van der Waals surface area contributed by atoms with Crippen LogP contribution < -0.4 is 10.2 Å². The van der Waals surface area contributed by atoms with Gasteiger partial charge in [-0.3, -0.25) is 9.69 Å². The quantitative estimate of drug-likeness (QED) is 0.445. The molecule has 4 rings (SSSR count). The van der Waals surface area contributed by atoms with Crippen molar-refractivity contribution in [3.63, 3.8) is 0 Å². The summed E-state index contributed by atoms with van der Waals surface area (Å²) in [6, 6.07) is 25.5. The molecule has 0 fully saturated rings. The number of thioether (sulfide) groups is 1. The van der Waals surface area contributed by atoms with Crippen LogP contribution in [0.15, 0.2) is 100 Å². The number of halogens is 1. The van der Waals surface area contributed by atoms with E-state index in [1.54, 1.807) is 17.0 Å². The number of urea groups is 1. The fourth-order valence-electron chi connectivity index (χ4n) is 3.49. The molecule has 2 amide bonds. The zero-order valence-corrected chi connectivity index (χ0v) is 18.6. The number of rotatable bonds is 5. The molecule has 0 saturated carbocycles. The van der Waals surface area contributed by atoms with Crippen molar-refractivity contribution in [1.82, 2.24) is 5.32 Å². The Morgan fingerprint density at radius 1 is 0.933 bits per heavy atom. The number of nitrogens with one attached hydrogen (secondary N) is 1. The van der Waals surface area contributed by atoms with Crippen LogP contribution in [0.3, 0.4) is 0 Å². The van der Waals surface area contributed by atoms with Crippen molar-refractivity contribution in [2.45, 2.75) is 6.04 Å². The Hall–Kier alpha value is -2.83. The van der Waals surface area contributed by atoms with Gasteiger partial charge in [0.25, 0.3) is 0 Å². The Balaban J connectivity index is 1.91. The molecule has 0 spiro atoms. The summed E-state index contributed by atoms with van der Waals surface area (Å²) in [7, 11) is 0. The summed E-state index contributed by atoms with van der Waals surface area (Å²) in [5.41, 5.74) is 2.71. The number of carbonyl (C=O) groups excluding carboxylic acids is 2. The van der Waals surface area contributed by atoms with Crippen LogP contribution in [0.4, 0.5) is 10.5 Å². The molecule has 4 nitrogen and oxygen atoms in total. The molecule has 0 radical (unpaired) electrons. The van der Waals surface area contributed by atoms with Gasteiger partial charge in [-0.05, 0) is 48.2 Å².